The highest BCUT2D eigenvalue weighted by Crippen LogP contribution is 2.27. The van der Waals surface area contributed by atoms with Crippen molar-refractivity contribution in [1.29, 1.82) is 0 Å². The molecule has 2 aromatic rings. The van der Waals surface area contributed by atoms with Crippen molar-refractivity contribution in [3.05, 3.63) is 59.2 Å². The smallest absolute Gasteiger partial charge is 0.239 e. The third-order valence-corrected chi connectivity index (χ3v) is 4.00. The Labute approximate surface area is 153 Å². The minimum absolute atomic E-state index is 0.0575. The quantitative estimate of drug-likeness (QED) is 0.758. The number of carbonyl (C=O) groups is 2. The zero-order valence-corrected chi connectivity index (χ0v) is 15.3. The van der Waals surface area contributed by atoms with Crippen LogP contribution in [0.3, 0.4) is 0 Å². The Hall–Kier alpha value is -3.02. The van der Waals surface area contributed by atoms with Crippen molar-refractivity contribution in [3.63, 3.8) is 0 Å². The normalized spacial score (nSPS) is 10.1. The molecule has 6 nitrogen and oxygen atoms in total. The summed E-state index contributed by atoms with van der Waals surface area (Å²) < 4.78 is 10.4. The first-order chi connectivity index (χ1) is 12.5. The van der Waals surface area contributed by atoms with Crippen molar-refractivity contribution < 1.29 is 19.1 Å². The first-order valence-electron chi connectivity index (χ1n) is 8.32. The van der Waals surface area contributed by atoms with Crippen LogP contribution < -0.4 is 20.1 Å². The Morgan fingerprint density at radius 2 is 1.65 bits per heavy atom. The predicted octanol–water partition coefficient (Wildman–Crippen LogP) is 1.99. The van der Waals surface area contributed by atoms with Crippen molar-refractivity contribution in [2.45, 2.75) is 19.9 Å². The summed E-state index contributed by atoms with van der Waals surface area (Å²) in [6.07, 6.45) is 0.158. The van der Waals surface area contributed by atoms with Gasteiger partial charge in [-0.2, -0.15) is 0 Å². The topological polar surface area (TPSA) is 76.7 Å². The second-order valence-electron chi connectivity index (χ2n) is 5.85. The van der Waals surface area contributed by atoms with E-state index in [0.29, 0.717) is 18.0 Å². The summed E-state index contributed by atoms with van der Waals surface area (Å²) in [5.41, 5.74) is 2.95. The van der Waals surface area contributed by atoms with E-state index in [-0.39, 0.29) is 24.8 Å². The average Bonchev–Trinajstić information content (AvgIpc) is 2.65. The van der Waals surface area contributed by atoms with Gasteiger partial charge in [-0.15, -0.1) is 0 Å². The molecule has 0 heterocycles. The molecule has 0 radical (unpaired) electrons. The van der Waals surface area contributed by atoms with E-state index in [0.717, 1.165) is 16.7 Å². The van der Waals surface area contributed by atoms with Crippen molar-refractivity contribution >= 4 is 11.8 Å². The van der Waals surface area contributed by atoms with Crippen molar-refractivity contribution in [1.82, 2.24) is 10.6 Å². The lowest BCUT2D eigenvalue weighted by atomic mass is 10.1. The van der Waals surface area contributed by atoms with Crippen molar-refractivity contribution in [2.24, 2.45) is 0 Å². The number of ether oxygens (including phenoxy) is 2. The summed E-state index contributed by atoms with van der Waals surface area (Å²) in [5.74, 6) is 0.707. The molecule has 0 bridgehead atoms. The van der Waals surface area contributed by atoms with Crippen LogP contribution in [0.2, 0.25) is 0 Å². The molecule has 2 rings (SSSR count). The van der Waals surface area contributed by atoms with E-state index < -0.39 is 0 Å². The highest BCUT2D eigenvalue weighted by atomic mass is 16.5. The van der Waals surface area contributed by atoms with Crippen molar-refractivity contribution in [3.8, 4) is 11.5 Å². The molecular formula is C20H24N2O4. The molecule has 0 aliphatic rings. The molecule has 0 aromatic heterocycles. The van der Waals surface area contributed by atoms with Gasteiger partial charge in [0.1, 0.15) is 0 Å². The lowest BCUT2D eigenvalue weighted by Gasteiger charge is -2.10. The molecule has 2 amide bonds. The number of hydrogen-bond donors (Lipinski definition) is 2. The van der Waals surface area contributed by atoms with E-state index >= 15 is 0 Å². The Kier molecular flexibility index (Phi) is 7.02. The van der Waals surface area contributed by atoms with Gasteiger partial charge >= 0.3 is 0 Å². The standard InChI is InChI=1S/C20H24N2O4/c1-14-6-4-5-7-16(14)12-21-20(24)13-22-19(23)11-15-8-9-17(25-2)18(10-15)26-3/h4-10H,11-13H2,1-3H3,(H,21,24)(H,22,23). The minimum Gasteiger partial charge on any atom is -0.493 e. The van der Waals surface area contributed by atoms with E-state index in [1.54, 1.807) is 32.4 Å². The van der Waals surface area contributed by atoms with E-state index in [9.17, 15) is 9.59 Å². The molecule has 2 N–H and O–H groups in total. The third kappa shape index (κ3) is 5.51. The molecule has 2 aromatic carbocycles. The highest BCUT2D eigenvalue weighted by molar-refractivity contribution is 5.85. The van der Waals surface area contributed by atoms with Crippen LogP contribution in [0.1, 0.15) is 16.7 Å². The van der Waals surface area contributed by atoms with Gasteiger partial charge in [-0.25, -0.2) is 0 Å². The number of carbonyl (C=O) groups excluding carboxylic acids is 2. The maximum atomic E-state index is 12.0. The molecule has 0 spiro atoms. The largest absolute Gasteiger partial charge is 0.493 e. The van der Waals surface area contributed by atoms with Crippen LogP contribution in [0.15, 0.2) is 42.5 Å². The molecule has 0 atom stereocenters. The summed E-state index contributed by atoms with van der Waals surface area (Å²) in [6.45, 7) is 2.38. The van der Waals surface area contributed by atoms with Crippen LogP contribution in [0.5, 0.6) is 11.5 Å². The number of methoxy groups -OCH3 is 2. The third-order valence-electron chi connectivity index (χ3n) is 4.00. The fourth-order valence-corrected chi connectivity index (χ4v) is 2.48. The minimum atomic E-state index is -0.233. The Balaban J connectivity index is 1.79. The fourth-order valence-electron chi connectivity index (χ4n) is 2.48. The highest BCUT2D eigenvalue weighted by Gasteiger charge is 2.10. The summed E-state index contributed by atoms with van der Waals surface area (Å²) in [5, 5.41) is 5.43. The molecule has 0 aliphatic heterocycles. The molecule has 0 aliphatic carbocycles. The van der Waals surface area contributed by atoms with Gasteiger partial charge in [-0.05, 0) is 35.7 Å². The van der Waals surface area contributed by atoms with Gasteiger partial charge < -0.3 is 20.1 Å². The Bertz CT molecular complexity index is 774. The van der Waals surface area contributed by atoms with Gasteiger partial charge in [0.05, 0.1) is 27.2 Å². The molecule has 0 unspecified atom stereocenters. The first-order valence-corrected chi connectivity index (χ1v) is 8.32. The number of amides is 2. The van der Waals surface area contributed by atoms with Crippen LogP contribution in [0, 0.1) is 6.92 Å². The SMILES string of the molecule is COc1ccc(CC(=O)NCC(=O)NCc2ccccc2C)cc1OC. The van der Waals surface area contributed by atoms with Crippen molar-refractivity contribution in [2.75, 3.05) is 20.8 Å². The molecule has 138 valence electrons. The summed E-state index contributed by atoms with van der Waals surface area (Å²) in [7, 11) is 3.10. The van der Waals surface area contributed by atoms with E-state index in [1.807, 2.05) is 31.2 Å². The fraction of sp³-hybridized carbons (Fsp3) is 0.300. The van der Waals surface area contributed by atoms with E-state index in [1.165, 1.54) is 0 Å². The maximum absolute atomic E-state index is 12.0. The van der Waals surface area contributed by atoms with Crippen LogP contribution in [-0.2, 0) is 22.6 Å². The maximum Gasteiger partial charge on any atom is 0.239 e. The molecule has 0 saturated carbocycles. The Morgan fingerprint density at radius 3 is 2.35 bits per heavy atom. The van der Waals surface area contributed by atoms with Gasteiger partial charge in [0, 0.05) is 6.54 Å². The average molecular weight is 356 g/mol. The van der Waals surface area contributed by atoms with E-state index in [2.05, 4.69) is 10.6 Å². The predicted molar refractivity (Wildman–Crippen MR) is 99.3 cm³/mol. The van der Waals surface area contributed by atoms with Crippen LogP contribution in [0.4, 0.5) is 0 Å². The molecule has 0 fully saturated rings. The van der Waals surface area contributed by atoms with E-state index in [4.69, 9.17) is 9.47 Å². The zero-order chi connectivity index (χ0) is 18.9. The van der Waals surface area contributed by atoms with Gasteiger partial charge in [-0.1, -0.05) is 30.3 Å². The Morgan fingerprint density at radius 1 is 0.923 bits per heavy atom. The lowest BCUT2D eigenvalue weighted by Crippen LogP contribution is -2.37. The van der Waals surface area contributed by atoms with Crippen LogP contribution in [0.25, 0.3) is 0 Å². The van der Waals surface area contributed by atoms with Gasteiger partial charge in [0.2, 0.25) is 11.8 Å². The number of nitrogens with one attached hydrogen (secondary N) is 2. The second kappa shape index (κ2) is 9.46. The van der Waals surface area contributed by atoms with Crippen LogP contribution in [-0.4, -0.2) is 32.6 Å². The van der Waals surface area contributed by atoms with Gasteiger partial charge in [0.15, 0.2) is 11.5 Å². The van der Waals surface area contributed by atoms with Gasteiger partial charge in [0.25, 0.3) is 0 Å². The number of aryl methyl sites for hydroxylation is 1. The number of hydrogen-bond acceptors (Lipinski definition) is 4. The summed E-state index contributed by atoms with van der Waals surface area (Å²) in [4.78, 5) is 23.9. The number of rotatable bonds is 8. The lowest BCUT2D eigenvalue weighted by molar-refractivity contribution is -0.125. The summed E-state index contributed by atoms with van der Waals surface area (Å²) in [6, 6.07) is 13.1. The summed E-state index contributed by atoms with van der Waals surface area (Å²) >= 11 is 0. The number of benzene rings is 2. The van der Waals surface area contributed by atoms with Crippen LogP contribution >= 0.6 is 0 Å². The second-order valence-corrected chi connectivity index (χ2v) is 5.85. The first kappa shape index (κ1) is 19.3. The van der Waals surface area contributed by atoms with Gasteiger partial charge in [-0.3, -0.25) is 9.59 Å². The molecule has 26 heavy (non-hydrogen) atoms. The molecule has 6 heteroatoms. The molecular weight excluding hydrogens is 332 g/mol. The zero-order valence-electron chi connectivity index (χ0n) is 15.3. The molecule has 0 saturated heterocycles. The monoisotopic (exact) mass is 356 g/mol.